The number of hydrogen-bond donors (Lipinski definition) is 5. The monoisotopic (exact) mass is 959 g/mol. The summed E-state index contributed by atoms with van der Waals surface area (Å²) in [5, 5.41) is 26.1. The normalized spacial score (nSPS) is 17.8. The van der Waals surface area contributed by atoms with Gasteiger partial charge < -0.3 is 44.7 Å². The van der Waals surface area contributed by atoms with Gasteiger partial charge >= 0.3 is 0 Å². The van der Waals surface area contributed by atoms with Crippen molar-refractivity contribution in [1.29, 1.82) is 0 Å². The molecule has 3 aliphatic rings. The number of rotatable bonds is 23. The highest BCUT2D eigenvalue weighted by Crippen LogP contribution is 2.39. The Morgan fingerprint density at radius 1 is 0.841 bits per heavy atom. The summed E-state index contributed by atoms with van der Waals surface area (Å²) in [5.41, 5.74) is 1.39. The molecule has 0 aliphatic carbocycles. The van der Waals surface area contributed by atoms with E-state index in [1.165, 1.54) is 37.3 Å². The van der Waals surface area contributed by atoms with Gasteiger partial charge in [0.1, 0.15) is 19.3 Å². The SMILES string of the molecule is CC1=NN(c2cccc(C#CCNC(=O)COCCOCCOCCOCCOCC(=O)Nc3cccc4c3C(=O)N(C3CCC(=O)NC3=O)C4O)c2)C(=O)C1C(=O)Nc1cccc(C(C)(F)F)c1. The molecule has 3 heterocycles. The van der Waals surface area contributed by atoms with Crippen LogP contribution in [0.5, 0.6) is 0 Å². The topological polar surface area (TPSA) is 253 Å². The molecule has 22 heteroatoms. The Labute approximate surface area is 395 Å². The molecule has 69 heavy (non-hydrogen) atoms. The minimum atomic E-state index is -3.11. The molecule has 0 saturated carbocycles. The van der Waals surface area contributed by atoms with Crippen molar-refractivity contribution in [1.82, 2.24) is 15.5 Å². The number of nitrogens with one attached hydrogen (secondary N) is 4. The summed E-state index contributed by atoms with van der Waals surface area (Å²) in [5.74, 6) is -2.67. The number of aliphatic hydroxyl groups excluding tert-OH is 1. The maximum absolute atomic E-state index is 13.8. The summed E-state index contributed by atoms with van der Waals surface area (Å²) in [4.78, 5) is 89.2. The van der Waals surface area contributed by atoms with E-state index in [-0.39, 0.29) is 119 Å². The number of piperidine rings is 1. The number of benzene rings is 3. The largest absolute Gasteiger partial charge is 0.377 e. The van der Waals surface area contributed by atoms with E-state index in [9.17, 15) is 47.4 Å². The van der Waals surface area contributed by atoms with Gasteiger partial charge in [0.15, 0.2) is 12.1 Å². The lowest BCUT2D eigenvalue weighted by Crippen LogP contribution is -2.53. The van der Waals surface area contributed by atoms with Crippen LogP contribution in [0.2, 0.25) is 0 Å². The van der Waals surface area contributed by atoms with Crippen LogP contribution in [-0.2, 0) is 58.4 Å². The Morgan fingerprint density at radius 2 is 1.48 bits per heavy atom. The number of nitrogens with zero attached hydrogens (tertiary/aromatic N) is 3. The first-order valence-electron chi connectivity index (χ1n) is 21.8. The van der Waals surface area contributed by atoms with Crippen molar-refractivity contribution < 1.29 is 71.1 Å². The number of imide groups is 1. The predicted molar refractivity (Wildman–Crippen MR) is 242 cm³/mol. The number of anilines is 3. The zero-order valence-electron chi connectivity index (χ0n) is 37.7. The van der Waals surface area contributed by atoms with Crippen molar-refractivity contribution in [3.8, 4) is 11.8 Å². The molecule has 3 atom stereocenters. The fourth-order valence-corrected chi connectivity index (χ4v) is 7.26. The zero-order chi connectivity index (χ0) is 49.5. The second-order valence-corrected chi connectivity index (χ2v) is 15.7. The maximum Gasteiger partial charge on any atom is 0.270 e. The van der Waals surface area contributed by atoms with Crippen molar-refractivity contribution in [2.75, 3.05) is 88.3 Å². The van der Waals surface area contributed by atoms with Gasteiger partial charge in [-0.3, -0.25) is 43.8 Å². The number of carbonyl (C=O) groups is 7. The minimum Gasteiger partial charge on any atom is -0.377 e. The summed E-state index contributed by atoms with van der Waals surface area (Å²) in [6.07, 6.45) is -1.32. The number of hydrazone groups is 1. The lowest BCUT2D eigenvalue weighted by atomic mass is 10.0. The standard InChI is InChI=1S/C47H51F2N7O13/c1-29-40(43(61)51-32-10-4-9-31(26-32)47(2,48)49)46(64)56(54-29)33-11-3-7-30(25-33)8-6-16-50-38(58)27-68-23-21-66-19-17-65-18-20-67-22-24-69-28-39(59)52-35-13-5-12-34-41(35)45(63)55(44(34)62)36-14-15-37(57)53-42(36)60/h3-5,7,9-13,25-26,36,40,44,62H,14-24,27-28H2,1-2H3,(H,50,58)(H,51,61)(H,52,59)(H,53,57,60). The number of ether oxygens (including phenoxy) is 5. The Balaban J connectivity index is 0.761. The number of hydrogen-bond acceptors (Lipinski definition) is 14. The third kappa shape index (κ3) is 14.0. The van der Waals surface area contributed by atoms with E-state index in [1.54, 1.807) is 30.3 Å². The third-order valence-electron chi connectivity index (χ3n) is 10.6. The van der Waals surface area contributed by atoms with Crippen LogP contribution in [0.1, 0.15) is 60.0 Å². The number of carbonyl (C=O) groups excluding carboxylic acids is 7. The first-order valence-corrected chi connectivity index (χ1v) is 21.8. The van der Waals surface area contributed by atoms with E-state index in [1.807, 2.05) is 0 Å². The van der Waals surface area contributed by atoms with E-state index in [0.29, 0.717) is 11.3 Å². The number of amides is 7. The first kappa shape index (κ1) is 51.4. The van der Waals surface area contributed by atoms with Crippen LogP contribution in [0.15, 0.2) is 71.8 Å². The molecular formula is C47H51F2N7O13. The average molecular weight is 960 g/mol. The molecule has 0 aromatic heterocycles. The summed E-state index contributed by atoms with van der Waals surface area (Å²) in [6.45, 7) is 3.53. The summed E-state index contributed by atoms with van der Waals surface area (Å²) < 4.78 is 54.6. The molecule has 5 N–H and O–H groups in total. The smallest absolute Gasteiger partial charge is 0.270 e. The van der Waals surface area contributed by atoms with Gasteiger partial charge in [-0.15, -0.1) is 0 Å². The first-order chi connectivity index (χ1) is 33.1. The molecular weight excluding hydrogens is 909 g/mol. The second kappa shape index (κ2) is 24.3. The Morgan fingerprint density at radius 3 is 2.14 bits per heavy atom. The van der Waals surface area contributed by atoms with Crippen molar-refractivity contribution in [3.05, 3.63) is 89.0 Å². The summed E-state index contributed by atoms with van der Waals surface area (Å²) >= 11 is 0. The Kier molecular flexibility index (Phi) is 18.1. The van der Waals surface area contributed by atoms with Crippen LogP contribution in [0, 0.1) is 17.8 Å². The van der Waals surface area contributed by atoms with E-state index >= 15 is 0 Å². The summed E-state index contributed by atoms with van der Waals surface area (Å²) in [6, 6.07) is 15.4. The highest BCUT2D eigenvalue weighted by Gasteiger charge is 2.45. The fraction of sp³-hybridized carbons (Fsp3) is 0.404. The average Bonchev–Trinajstić information content (AvgIpc) is 3.76. The van der Waals surface area contributed by atoms with Crippen molar-refractivity contribution in [2.24, 2.45) is 11.0 Å². The van der Waals surface area contributed by atoms with Gasteiger partial charge in [0.25, 0.3) is 17.7 Å². The lowest BCUT2D eigenvalue weighted by molar-refractivity contribution is -0.140. The quantitative estimate of drug-likeness (QED) is 0.0396. The van der Waals surface area contributed by atoms with E-state index in [2.05, 4.69) is 38.2 Å². The highest BCUT2D eigenvalue weighted by molar-refractivity contribution is 6.28. The number of aliphatic hydroxyl groups is 1. The molecule has 1 saturated heterocycles. The van der Waals surface area contributed by atoms with Crippen LogP contribution in [0.3, 0.4) is 0 Å². The predicted octanol–water partition coefficient (Wildman–Crippen LogP) is 2.22. The Hall–Kier alpha value is -7.00. The number of alkyl halides is 2. The molecule has 0 bridgehead atoms. The van der Waals surface area contributed by atoms with Gasteiger partial charge in [-0.2, -0.15) is 10.1 Å². The van der Waals surface area contributed by atoms with Gasteiger partial charge in [0, 0.05) is 35.7 Å². The van der Waals surface area contributed by atoms with Gasteiger partial charge in [0.2, 0.25) is 29.5 Å². The molecule has 366 valence electrons. The van der Waals surface area contributed by atoms with E-state index in [0.717, 1.165) is 22.9 Å². The molecule has 0 radical (unpaired) electrons. The van der Waals surface area contributed by atoms with Crippen LogP contribution in [0.25, 0.3) is 0 Å². The van der Waals surface area contributed by atoms with Crippen molar-refractivity contribution in [2.45, 2.75) is 44.9 Å². The van der Waals surface area contributed by atoms with Gasteiger partial charge in [-0.1, -0.05) is 42.2 Å². The second-order valence-electron chi connectivity index (χ2n) is 15.7. The maximum atomic E-state index is 13.8. The zero-order valence-corrected chi connectivity index (χ0v) is 37.7. The summed E-state index contributed by atoms with van der Waals surface area (Å²) in [7, 11) is 0. The van der Waals surface area contributed by atoms with Gasteiger partial charge in [-0.25, -0.2) is 8.78 Å². The third-order valence-corrected chi connectivity index (χ3v) is 10.6. The van der Waals surface area contributed by atoms with Crippen LogP contribution >= 0.6 is 0 Å². The minimum absolute atomic E-state index is 0.0198. The van der Waals surface area contributed by atoms with Crippen molar-refractivity contribution in [3.63, 3.8) is 0 Å². The molecule has 3 aromatic carbocycles. The van der Waals surface area contributed by atoms with Crippen LogP contribution in [-0.4, -0.2) is 136 Å². The fourth-order valence-electron chi connectivity index (χ4n) is 7.26. The van der Waals surface area contributed by atoms with E-state index in [4.69, 9.17) is 23.7 Å². The number of fused-ring (bicyclic) bond motifs is 1. The molecule has 1 fully saturated rings. The van der Waals surface area contributed by atoms with Gasteiger partial charge in [0.05, 0.1) is 82.0 Å². The molecule has 7 amide bonds. The highest BCUT2D eigenvalue weighted by atomic mass is 19.3. The molecule has 3 aromatic rings. The molecule has 3 unspecified atom stereocenters. The Bertz CT molecular complexity index is 2510. The van der Waals surface area contributed by atoms with Crippen LogP contribution in [0.4, 0.5) is 25.8 Å². The van der Waals surface area contributed by atoms with Crippen LogP contribution < -0.4 is 26.3 Å². The molecule has 0 spiro atoms. The lowest BCUT2D eigenvalue weighted by Gasteiger charge is -2.31. The molecule has 6 rings (SSSR count). The number of halogens is 2. The molecule has 20 nitrogen and oxygen atoms in total. The molecule has 3 aliphatic heterocycles. The van der Waals surface area contributed by atoms with E-state index < -0.39 is 65.5 Å². The van der Waals surface area contributed by atoms with Crippen molar-refractivity contribution >= 4 is 64.1 Å². The van der Waals surface area contributed by atoms with Gasteiger partial charge in [-0.05, 0) is 49.7 Å².